The van der Waals surface area contributed by atoms with Gasteiger partial charge in [-0.2, -0.15) is 0 Å². The van der Waals surface area contributed by atoms with Crippen LogP contribution in [0.3, 0.4) is 0 Å². The molecule has 0 aromatic heterocycles. The zero-order valence-electron chi connectivity index (χ0n) is 9.77. The molecule has 0 radical (unpaired) electrons. The van der Waals surface area contributed by atoms with Gasteiger partial charge >= 0.3 is 0 Å². The summed E-state index contributed by atoms with van der Waals surface area (Å²) >= 11 is 0. The average molecular weight is 225 g/mol. The second-order valence-corrected chi connectivity index (χ2v) is 4.42. The third-order valence-corrected chi connectivity index (χ3v) is 3.37. The van der Waals surface area contributed by atoms with Crippen LogP contribution in [0.5, 0.6) is 5.75 Å². The van der Waals surface area contributed by atoms with Gasteiger partial charge in [-0.1, -0.05) is 36.4 Å². The molecule has 1 heterocycles. The SMILES string of the molecule is C/C=C/C1CNc2cc(O)c3ccccc3c21. The van der Waals surface area contributed by atoms with E-state index in [0.29, 0.717) is 11.7 Å². The van der Waals surface area contributed by atoms with Crippen LogP contribution in [0.1, 0.15) is 18.4 Å². The lowest BCUT2D eigenvalue weighted by atomic mass is 9.94. The molecule has 1 unspecified atom stereocenters. The maximum absolute atomic E-state index is 9.99. The molecule has 86 valence electrons. The third kappa shape index (κ3) is 1.48. The van der Waals surface area contributed by atoms with E-state index in [0.717, 1.165) is 23.0 Å². The first-order chi connectivity index (χ1) is 8.31. The molecule has 1 atom stereocenters. The molecule has 2 nitrogen and oxygen atoms in total. The Kier molecular flexibility index (Phi) is 2.29. The number of rotatable bonds is 1. The highest BCUT2D eigenvalue weighted by Crippen LogP contribution is 2.41. The lowest BCUT2D eigenvalue weighted by Crippen LogP contribution is -1.98. The zero-order chi connectivity index (χ0) is 11.8. The van der Waals surface area contributed by atoms with Crippen LogP contribution < -0.4 is 5.32 Å². The predicted molar refractivity (Wildman–Crippen MR) is 71.7 cm³/mol. The molecule has 2 N–H and O–H groups in total. The van der Waals surface area contributed by atoms with Crippen molar-refractivity contribution in [3.63, 3.8) is 0 Å². The number of phenolic OH excluding ortho intramolecular Hbond substituents is 1. The van der Waals surface area contributed by atoms with Crippen molar-refractivity contribution in [3.8, 4) is 5.75 Å². The standard InChI is InChI=1S/C15H15NO/c1-2-5-10-9-16-13-8-14(17)11-6-3-4-7-12(11)15(10)13/h2-8,10,16-17H,9H2,1H3/b5-2+. The van der Waals surface area contributed by atoms with Gasteiger partial charge in [-0.3, -0.25) is 0 Å². The largest absolute Gasteiger partial charge is 0.507 e. The normalized spacial score (nSPS) is 18.5. The van der Waals surface area contributed by atoms with Crippen LogP contribution in [0, 0.1) is 0 Å². The van der Waals surface area contributed by atoms with E-state index in [2.05, 4.69) is 23.5 Å². The Morgan fingerprint density at radius 1 is 1.29 bits per heavy atom. The molecular weight excluding hydrogens is 210 g/mol. The summed E-state index contributed by atoms with van der Waals surface area (Å²) in [6.07, 6.45) is 4.30. The van der Waals surface area contributed by atoms with Gasteiger partial charge in [0.25, 0.3) is 0 Å². The quantitative estimate of drug-likeness (QED) is 0.726. The summed E-state index contributed by atoms with van der Waals surface area (Å²) in [5.74, 6) is 0.758. The predicted octanol–water partition coefficient (Wildman–Crippen LogP) is 3.63. The molecule has 0 amide bonds. The summed E-state index contributed by atoms with van der Waals surface area (Å²) in [6.45, 7) is 2.95. The first kappa shape index (κ1) is 10.2. The fourth-order valence-electron chi connectivity index (χ4n) is 2.64. The summed E-state index contributed by atoms with van der Waals surface area (Å²) in [5.41, 5.74) is 2.36. The van der Waals surface area contributed by atoms with Gasteiger partial charge < -0.3 is 10.4 Å². The highest BCUT2D eigenvalue weighted by atomic mass is 16.3. The van der Waals surface area contributed by atoms with Gasteiger partial charge in [-0.15, -0.1) is 0 Å². The Balaban J connectivity index is 2.33. The molecule has 2 aromatic rings. The van der Waals surface area contributed by atoms with Crippen LogP contribution in [0.15, 0.2) is 42.5 Å². The smallest absolute Gasteiger partial charge is 0.125 e. The molecule has 3 rings (SSSR count). The molecule has 2 aromatic carbocycles. The molecule has 0 saturated carbocycles. The summed E-state index contributed by atoms with van der Waals surface area (Å²) in [7, 11) is 0. The van der Waals surface area contributed by atoms with Crippen molar-refractivity contribution < 1.29 is 5.11 Å². The lowest BCUT2D eigenvalue weighted by Gasteiger charge is -2.10. The number of nitrogens with one attached hydrogen (secondary N) is 1. The number of allylic oxidation sites excluding steroid dienone is 1. The van der Waals surface area contributed by atoms with Crippen molar-refractivity contribution >= 4 is 16.5 Å². The molecule has 0 bridgehead atoms. The average Bonchev–Trinajstić information content (AvgIpc) is 2.73. The maximum Gasteiger partial charge on any atom is 0.125 e. The highest BCUT2D eigenvalue weighted by molar-refractivity contribution is 5.96. The van der Waals surface area contributed by atoms with Crippen molar-refractivity contribution in [2.24, 2.45) is 0 Å². The molecule has 2 heteroatoms. The number of phenols is 1. The van der Waals surface area contributed by atoms with Crippen molar-refractivity contribution in [3.05, 3.63) is 48.0 Å². The Bertz CT molecular complexity index is 601. The van der Waals surface area contributed by atoms with E-state index in [9.17, 15) is 5.11 Å². The molecule has 17 heavy (non-hydrogen) atoms. The van der Waals surface area contributed by atoms with Gasteiger partial charge in [-0.25, -0.2) is 0 Å². The second kappa shape index (κ2) is 3.81. The Morgan fingerprint density at radius 3 is 2.82 bits per heavy atom. The zero-order valence-corrected chi connectivity index (χ0v) is 9.77. The van der Waals surface area contributed by atoms with Gasteiger partial charge in [0.15, 0.2) is 0 Å². The fourth-order valence-corrected chi connectivity index (χ4v) is 2.64. The minimum atomic E-state index is 0.355. The maximum atomic E-state index is 9.99. The number of anilines is 1. The van der Waals surface area contributed by atoms with E-state index in [1.165, 1.54) is 5.56 Å². The van der Waals surface area contributed by atoms with E-state index in [4.69, 9.17) is 0 Å². The second-order valence-electron chi connectivity index (χ2n) is 4.42. The molecule has 0 fully saturated rings. The highest BCUT2D eigenvalue weighted by Gasteiger charge is 2.23. The molecule has 1 aliphatic rings. The van der Waals surface area contributed by atoms with E-state index in [-0.39, 0.29) is 0 Å². The van der Waals surface area contributed by atoms with Gasteiger partial charge in [0, 0.05) is 29.6 Å². The number of hydrogen-bond donors (Lipinski definition) is 2. The van der Waals surface area contributed by atoms with Gasteiger partial charge in [-0.05, 0) is 17.9 Å². The van der Waals surface area contributed by atoms with E-state index >= 15 is 0 Å². The fraction of sp³-hybridized carbons (Fsp3) is 0.200. The van der Waals surface area contributed by atoms with E-state index in [1.807, 2.05) is 31.2 Å². The minimum Gasteiger partial charge on any atom is -0.507 e. The van der Waals surface area contributed by atoms with Gasteiger partial charge in [0.2, 0.25) is 0 Å². The monoisotopic (exact) mass is 225 g/mol. The Hall–Kier alpha value is -1.96. The van der Waals surface area contributed by atoms with Crippen LogP contribution >= 0.6 is 0 Å². The molecule has 0 aliphatic carbocycles. The topological polar surface area (TPSA) is 32.3 Å². The third-order valence-electron chi connectivity index (χ3n) is 3.37. The minimum absolute atomic E-state index is 0.355. The Morgan fingerprint density at radius 2 is 2.06 bits per heavy atom. The summed E-state index contributed by atoms with van der Waals surface area (Å²) in [5, 5.41) is 15.4. The molecule has 0 spiro atoms. The van der Waals surface area contributed by atoms with Crippen LogP contribution in [0.2, 0.25) is 0 Å². The van der Waals surface area contributed by atoms with Crippen LogP contribution in [0.25, 0.3) is 10.8 Å². The lowest BCUT2D eigenvalue weighted by molar-refractivity contribution is 0.482. The van der Waals surface area contributed by atoms with E-state index in [1.54, 1.807) is 0 Å². The van der Waals surface area contributed by atoms with Crippen molar-refractivity contribution in [1.82, 2.24) is 0 Å². The van der Waals surface area contributed by atoms with Crippen LogP contribution in [-0.4, -0.2) is 11.7 Å². The van der Waals surface area contributed by atoms with E-state index < -0.39 is 0 Å². The number of aromatic hydroxyl groups is 1. The summed E-state index contributed by atoms with van der Waals surface area (Å²) in [6, 6.07) is 9.86. The number of hydrogen-bond acceptors (Lipinski definition) is 2. The van der Waals surface area contributed by atoms with Crippen molar-refractivity contribution in [1.29, 1.82) is 0 Å². The van der Waals surface area contributed by atoms with Crippen LogP contribution in [0.4, 0.5) is 5.69 Å². The first-order valence-corrected chi connectivity index (χ1v) is 5.92. The Labute approximate surface area is 101 Å². The number of fused-ring (bicyclic) bond motifs is 3. The summed E-state index contributed by atoms with van der Waals surface area (Å²) in [4.78, 5) is 0. The van der Waals surface area contributed by atoms with Gasteiger partial charge in [0.1, 0.15) is 5.75 Å². The van der Waals surface area contributed by atoms with Crippen molar-refractivity contribution in [2.75, 3.05) is 11.9 Å². The first-order valence-electron chi connectivity index (χ1n) is 5.92. The van der Waals surface area contributed by atoms with Crippen LogP contribution in [-0.2, 0) is 0 Å². The molecule has 0 saturated heterocycles. The molecule has 1 aliphatic heterocycles. The summed E-state index contributed by atoms with van der Waals surface area (Å²) < 4.78 is 0. The molecular formula is C15H15NO. The number of benzene rings is 2. The van der Waals surface area contributed by atoms with Gasteiger partial charge in [0.05, 0.1) is 0 Å². The van der Waals surface area contributed by atoms with Crippen molar-refractivity contribution in [2.45, 2.75) is 12.8 Å².